The van der Waals surface area contributed by atoms with Crippen LogP contribution in [0.15, 0.2) is 12.1 Å². The predicted molar refractivity (Wildman–Crippen MR) is 64.4 cm³/mol. The van der Waals surface area contributed by atoms with Crippen molar-refractivity contribution in [2.24, 2.45) is 5.41 Å². The van der Waals surface area contributed by atoms with Gasteiger partial charge < -0.3 is 4.65 Å². The van der Waals surface area contributed by atoms with Gasteiger partial charge in [-0.1, -0.05) is 46.2 Å². The first-order chi connectivity index (χ1) is 6.31. The van der Waals surface area contributed by atoms with Crippen LogP contribution in [0.1, 0.15) is 54.4 Å². The molecule has 0 spiro atoms. The highest BCUT2D eigenvalue weighted by Crippen LogP contribution is 2.32. The highest BCUT2D eigenvalue weighted by Gasteiger charge is 2.32. The van der Waals surface area contributed by atoms with E-state index in [2.05, 4.69) is 47.6 Å². The lowest BCUT2D eigenvalue weighted by Gasteiger charge is -2.38. The molecule has 14 heavy (non-hydrogen) atoms. The third kappa shape index (κ3) is 4.85. The van der Waals surface area contributed by atoms with Gasteiger partial charge in [0, 0.05) is 0 Å². The Morgan fingerprint density at radius 2 is 1.71 bits per heavy atom. The minimum atomic E-state index is -0.121. The van der Waals surface area contributed by atoms with E-state index in [-0.39, 0.29) is 11.0 Å². The zero-order chi connectivity index (χ0) is 11.2. The van der Waals surface area contributed by atoms with Gasteiger partial charge >= 0.3 is 7.48 Å². The third-order valence-corrected chi connectivity index (χ3v) is 2.84. The van der Waals surface area contributed by atoms with Crippen molar-refractivity contribution in [2.75, 3.05) is 0 Å². The zero-order valence-electron chi connectivity index (χ0n) is 10.6. The second-order valence-corrected chi connectivity index (χ2v) is 5.23. The summed E-state index contributed by atoms with van der Waals surface area (Å²) in [7, 11) is 1.81. The molecule has 0 heterocycles. The Hall–Kier alpha value is -0.235. The molecule has 0 amide bonds. The summed E-state index contributed by atoms with van der Waals surface area (Å²) in [5, 5.41) is 0. The van der Waals surface area contributed by atoms with Crippen molar-refractivity contribution >= 4 is 7.48 Å². The Morgan fingerprint density at radius 1 is 1.14 bits per heavy atom. The summed E-state index contributed by atoms with van der Waals surface area (Å²) >= 11 is 0. The van der Waals surface area contributed by atoms with E-state index in [0.717, 1.165) is 6.42 Å². The van der Waals surface area contributed by atoms with Gasteiger partial charge in [-0.3, -0.25) is 0 Å². The zero-order valence-corrected chi connectivity index (χ0v) is 10.6. The molecule has 81 valence electrons. The molecule has 1 radical (unpaired) electrons. The van der Waals surface area contributed by atoms with Crippen molar-refractivity contribution in [3.63, 3.8) is 0 Å². The minimum absolute atomic E-state index is 0.121. The summed E-state index contributed by atoms with van der Waals surface area (Å²) in [5.74, 6) is 2.00. The molecule has 0 aliphatic rings. The van der Waals surface area contributed by atoms with Gasteiger partial charge in [-0.15, -0.1) is 0 Å². The first-order valence-electron chi connectivity index (χ1n) is 5.47. The highest BCUT2D eigenvalue weighted by molar-refractivity contribution is 6.34. The van der Waals surface area contributed by atoms with Gasteiger partial charge in [0.25, 0.3) is 0 Å². The van der Waals surface area contributed by atoms with E-state index < -0.39 is 0 Å². The molecule has 0 aliphatic heterocycles. The van der Waals surface area contributed by atoms with Crippen LogP contribution in [-0.4, -0.2) is 13.1 Å². The summed E-state index contributed by atoms with van der Waals surface area (Å²) in [5.41, 5.74) is 0.0334. The third-order valence-electron chi connectivity index (χ3n) is 2.84. The quantitative estimate of drug-likeness (QED) is 0.607. The average molecular weight is 195 g/mol. The molecule has 0 aromatic heterocycles. The summed E-state index contributed by atoms with van der Waals surface area (Å²) in [6.07, 6.45) is 4.45. The molecular weight excluding hydrogens is 171 g/mol. The summed E-state index contributed by atoms with van der Waals surface area (Å²) in [4.78, 5) is 0. The van der Waals surface area contributed by atoms with Crippen molar-refractivity contribution in [2.45, 2.75) is 60.0 Å². The standard InChI is InChI=1S/C12H24BO/c1-7-8-9-10-13-14-12(5,6)11(2,3)4/h9-10H,7-8H2,1-6H3/b10-9+. The second-order valence-electron chi connectivity index (χ2n) is 5.23. The van der Waals surface area contributed by atoms with Crippen LogP contribution in [0.2, 0.25) is 0 Å². The summed E-state index contributed by atoms with van der Waals surface area (Å²) in [6.45, 7) is 13.0. The molecule has 0 N–H and O–H groups in total. The van der Waals surface area contributed by atoms with Crippen LogP contribution in [0.25, 0.3) is 0 Å². The fraction of sp³-hybridized carbons (Fsp3) is 0.833. The Labute approximate surface area is 90.2 Å². The Balaban J connectivity index is 3.89. The monoisotopic (exact) mass is 195 g/mol. The molecule has 0 fully saturated rings. The molecule has 0 aromatic rings. The first-order valence-corrected chi connectivity index (χ1v) is 5.47. The predicted octanol–water partition coefficient (Wildman–Crippen LogP) is 3.76. The molecule has 0 aromatic carbocycles. The maximum Gasteiger partial charge on any atom is 0.322 e. The van der Waals surface area contributed by atoms with E-state index in [1.807, 2.05) is 5.98 Å². The molecular formula is C12H24BO. The van der Waals surface area contributed by atoms with Crippen LogP contribution in [0.4, 0.5) is 0 Å². The molecule has 2 heteroatoms. The SMILES string of the molecule is CCC/C=C/[B]OC(C)(C)C(C)(C)C. The van der Waals surface area contributed by atoms with E-state index in [9.17, 15) is 0 Å². The van der Waals surface area contributed by atoms with Gasteiger partial charge in [-0.25, -0.2) is 0 Å². The molecule has 0 bridgehead atoms. The van der Waals surface area contributed by atoms with Gasteiger partial charge in [-0.2, -0.15) is 0 Å². The molecule has 0 atom stereocenters. The van der Waals surface area contributed by atoms with Crippen LogP contribution < -0.4 is 0 Å². The van der Waals surface area contributed by atoms with E-state index in [1.54, 1.807) is 7.48 Å². The fourth-order valence-corrected chi connectivity index (χ4v) is 0.705. The van der Waals surface area contributed by atoms with E-state index in [4.69, 9.17) is 4.65 Å². The second kappa shape index (κ2) is 5.60. The lowest BCUT2D eigenvalue weighted by atomic mass is 9.77. The number of hydrogen-bond acceptors (Lipinski definition) is 1. The molecule has 0 aliphatic carbocycles. The van der Waals surface area contributed by atoms with Gasteiger partial charge in [0.2, 0.25) is 0 Å². The van der Waals surface area contributed by atoms with Crippen LogP contribution in [-0.2, 0) is 4.65 Å². The maximum atomic E-state index is 5.73. The van der Waals surface area contributed by atoms with E-state index in [0.29, 0.717) is 0 Å². The van der Waals surface area contributed by atoms with Gasteiger partial charge in [0.1, 0.15) is 0 Å². The molecule has 0 saturated heterocycles. The van der Waals surface area contributed by atoms with Crippen LogP contribution >= 0.6 is 0 Å². The molecule has 0 unspecified atom stereocenters. The lowest BCUT2D eigenvalue weighted by molar-refractivity contribution is 0.00479. The number of rotatable bonds is 5. The number of allylic oxidation sites excluding steroid dienone is 1. The normalized spacial score (nSPS) is 13.6. The van der Waals surface area contributed by atoms with Crippen LogP contribution in [0.3, 0.4) is 0 Å². The van der Waals surface area contributed by atoms with Crippen molar-refractivity contribution in [3.8, 4) is 0 Å². The average Bonchev–Trinajstić information content (AvgIpc) is 2.02. The summed E-state index contributed by atoms with van der Waals surface area (Å²) in [6, 6.07) is 0. The lowest BCUT2D eigenvalue weighted by Crippen LogP contribution is -2.40. The van der Waals surface area contributed by atoms with Crippen molar-refractivity contribution in [1.82, 2.24) is 0 Å². The summed E-state index contributed by atoms with van der Waals surface area (Å²) < 4.78 is 5.73. The van der Waals surface area contributed by atoms with Crippen molar-refractivity contribution in [1.29, 1.82) is 0 Å². The van der Waals surface area contributed by atoms with Crippen LogP contribution in [0.5, 0.6) is 0 Å². The maximum absolute atomic E-state index is 5.73. The van der Waals surface area contributed by atoms with Crippen molar-refractivity contribution in [3.05, 3.63) is 12.1 Å². The van der Waals surface area contributed by atoms with Gasteiger partial charge in [0.05, 0.1) is 5.60 Å². The topological polar surface area (TPSA) is 9.23 Å². The van der Waals surface area contributed by atoms with E-state index in [1.165, 1.54) is 6.42 Å². The largest absolute Gasteiger partial charge is 0.430 e. The number of hydrogen-bond donors (Lipinski definition) is 0. The highest BCUT2D eigenvalue weighted by atomic mass is 16.5. The molecule has 0 saturated carbocycles. The van der Waals surface area contributed by atoms with Crippen LogP contribution in [0, 0.1) is 5.41 Å². The van der Waals surface area contributed by atoms with Gasteiger partial charge in [0.15, 0.2) is 0 Å². The van der Waals surface area contributed by atoms with Gasteiger partial charge in [-0.05, 0) is 25.7 Å². The minimum Gasteiger partial charge on any atom is -0.430 e. The smallest absolute Gasteiger partial charge is 0.322 e. The molecule has 1 nitrogen and oxygen atoms in total. The first kappa shape index (κ1) is 13.8. The van der Waals surface area contributed by atoms with E-state index >= 15 is 0 Å². The Bertz CT molecular complexity index is 177. The molecule has 0 rings (SSSR count). The fourth-order valence-electron chi connectivity index (χ4n) is 0.705. The van der Waals surface area contributed by atoms with Crippen molar-refractivity contribution < 1.29 is 4.65 Å². The Morgan fingerprint density at radius 3 is 2.14 bits per heavy atom. The number of unbranched alkanes of at least 4 members (excludes halogenated alkanes) is 1. The Kier molecular flexibility index (Phi) is 5.50.